The molecular weight excluding hydrogens is 504 g/mol. The molecule has 2 aromatic heterocycles. The molecule has 3 N–H and O–H groups in total. The molecule has 0 fully saturated rings. The maximum atomic E-state index is 11.7. The number of esters is 2. The van der Waals surface area contributed by atoms with Gasteiger partial charge in [-0.05, 0) is 0 Å². The highest BCUT2D eigenvalue weighted by molar-refractivity contribution is 7.86. The van der Waals surface area contributed by atoms with Crippen LogP contribution < -0.4 is 4.18 Å². The van der Waals surface area contributed by atoms with E-state index in [0.717, 1.165) is 30.8 Å². The molecule has 0 aromatic carbocycles. The maximum absolute atomic E-state index is 11.7. The molecule has 0 aliphatic heterocycles. The van der Waals surface area contributed by atoms with Crippen LogP contribution in [0.5, 0.6) is 23.0 Å². The van der Waals surface area contributed by atoms with Crippen molar-refractivity contribution in [3.63, 3.8) is 0 Å². The average Bonchev–Trinajstić information content (AvgIpc) is 2.79. The van der Waals surface area contributed by atoms with Crippen LogP contribution in [0.4, 0.5) is 0 Å². The Kier molecular flexibility index (Phi) is 11.2. The Labute approximate surface area is 205 Å². The summed E-state index contributed by atoms with van der Waals surface area (Å²) in [7, 11) is -1.33. The number of hydrogen-bond acceptors (Lipinski definition) is 14. The molecule has 196 valence electrons. The van der Waals surface area contributed by atoms with Crippen molar-refractivity contribution in [1.82, 2.24) is 9.97 Å². The number of methoxy groups -OCH3 is 2. The van der Waals surface area contributed by atoms with Crippen molar-refractivity contribution >= 4 is 33.6 Å². The third-order valence-corrected chi connectivity index (χ3v) is 4.53. The second-order valence-electron chi connectivity index (χ2n) is 6.89. The fourth-order valence-corrected chi connectivity index (χ4v) is 2.84. The summed E-state index contributed by atoms with van der Waals surface area (Å²) < 4.78 is 35.0. The molecule has 2 aromatic rings. The highest BCUT2D eigenvalue weighted by atomic mass is 32.2. The SMILES string of the molecule is COC(=O)CCC(=O)c1ncc(O)cc1O.COC(=O)CCC(=O)c1ncc(OS(C)(=O)=O)cc1O. The molecule has 0 bridgehead atoms. The lowest BCUT2D eigenvalue weighted by Gasteiger charge is -2.06. The molecule has 0 aliphatic carbocycles. The number of carbonyl (C=O) groups excluding carboxylic acids is 4. The summed E-state index contributed by atoms with van der Waals surface area (Å²) in [5.41, 5.74) is -0.434. The Morgan fingerprint density at radius 3 is 1.61 bits per heavy atom. The Morgan fingerprint density at radius 2 is 1.22 bits per heavy atom. The standard InChI is InChI=1S/C11H13NO7S.C10H11NO5/c1-18-10(15)4-3-8(13)11-9(14)5-7(6-12-11)19-20(2,16)17;1-16-9(15)3-2-7(13)10-8(14)4-6(12)5-11-10/h5-6,14H,3-4H2,1-2H3;4-5,12,14H,2-3H2,1H3. The van der Waals surface area contributed by atoms with E-state index in [1.165, 1.54) is 14.2 Å². The van der Waals surface area contributed by atoms with Gasteiger partial charge in [0.05, 0.1) is 45.7 Å². The summed E-state index contributed by atoms with van der Waals surface area (Å²) in [5, 5.41) is 27.9. The number of aromatic nitrogens is 2. The highest BCUT2D eigenvalue weighted by Crippen LogP contribution is 2.23. The highest BCUT2D eigenvalue weighted by Gasteiger charge is 2.17. The molecule has 0 saturated carbocycles. The number of nitrogens with zero attached hydrogens (tertiary/aromatic N) is 2. The number of ketones is 2. The first-order chi connectivity index (χ1) is 16.8. The second-order valence-corrected chi connectivity index (χ2v) is 8.46. The normalized spacial score (nSPS) is 10.4. The number of ether oxygens (including phenoxy) is 2. The quantitative estimate of drug-likeness (QED) is 0.222. The van der Waals surface area contributed by atoms with Gasteiger partial charge in [0.2, 0.25) is 0 Å². The Hall–Kier alpha value is -4.27. The zero-order valence-electron chi connectivity index (χ0n) is 19.5. The smallest absolute Gasteiger partial charge is 0.306 e. The van der Waals surface area contributed by atoms with Crippen LogP contribution in [0, 0.1) is 0 Å². The van der Waals surface area contributed by atoms with Crippen molar-refractivity contribution in [3.05, 3.63) is 35.9 Å². The zero-order chi connectivity index (χ0) is 27.5. The maximum Gasteiger partial charge on any atom is 0.306 e. The molecule has 0 radical (unpaired) electrons. The second kappa shape index (κ2) is 13.6. The van der Waals surface area contributed by atoms with Gasteiger partial charge in [0.1, 0.15) is 28.6 Å². The monoisotopic (exact) mass is 528 g/mol. The first-order valence-corrected chi connectivity index (χ1v) is 11.8. The summed E-state index contributed by atoms with van der Waals surface area (Å²) in [5.74, 6) is -3.50. The average molecular weight is 528 g/mol. The lowest BCUT2D eigenvalue weighted by atomic mass is 10.1. The van der Waals surface area contributed by atoms with Gasteiger partial charge >= 0.3 is 22.1 Å². The van der Waals surface area contributed by atoms with E-state index in [4.69, 9.17) is 5.11 Å². The number of carbonyl (C=O) groups is 4. The van der Waals surface area contributed by atoms with Crippen molar-refractivity contribution in [2.75, 3.05) is 20.5 Å². The Morgan fingerprint density at radius 1 is 0.778 bits per heavy atom. The van der Waals surface area contributed by atoms with Crippen molar-refractivity contribution in [2.24, 2.45) is 0 Å². The van der Waals surface area contributed by atoms with Gasteiger partial charge in [-0.25, -0.2) is 9.97 Å². The van der Waals surface area contributed by atoms with Gasteiger partial charge < -0.3 is 29.0 Å². The van der Waals surface area contributed by atoms with E-state index < -0.39 is 45.1 Å². The van der Waals surface area contributed by atoms with Crippen LogP contribution in [0.2, 0.25) is 0 Å². The third-order valence-electron chi connectivity index (χ3n) is 4.04. The van der Waals surface area contributed by atoms with Gasteiger partial charge in [0.25, 0.3) is 0 Å². The van der Waals surface area contributed by atoms with Crippen molar-refractivity contribution in [2.45, 2.75) is 25.7 Å². The van der Waals surface area contributed by atoms with Crippen LogP contribution >= 0.6 is 0 Å². The minimum absolute atomic E-state index is 0.0721. The molecule has 14 nitrogen and oxygen atoms in total. The van der Waals surface area contributed by atoms with E-state index >= 15 is 0 Å². The van der Waals surface area contributed by atoms with Gasteiger partial charge in [-0.1, -0.05) is 0 Å². The third kappa shape index (κ3) is 10.3. The van der Waals surface area contributed by atoms with Gasteiger partial charge in [-0.2, -0.15) is 8.42 Å². The molecule has 0 atom stereocenters. The Bertz CT molecular complexity index is 1230. The topological polar surface area (TPSA) is 217 Å². The molecule has 2 heterocycles. The fourth-order valence-electron chi connectivity index (χ4n) is 2.40. The molecule has 0 saturated heterocycles. The van der Waals surface area contributed by atoms with E-state index in [-0.39, 0.29) is 48.6 Å². The van der Waals surface area contributed by atoms with E-state index in [9.17, 15) is 37.8 Å². The molecule has 0 spiro atoms. The lowest BCUT2D eigenvalue weighted by Crippen LogP contribution is -2.09. The van der Waals surface area contributed by atoms with Crippen LogP contribution in [0.25, 0.3) is 0 Å². The molecule has 2 rings (SSSR count). The predicted molar refractivity (Wildman–Crippen MR) is 120 cm³/mol. The van der Waals surface area contributed by atoms with Crippen molar-refractivity contribution in [3.8, 4) is 23.0 Å². The minimum Gasteiger partial charge on any atom is -0.506 e. The summed E-state index contributed by atoms with van der Waals surface area (Å²) >= 11 is 0. The van der Waals surface area contributed by atoms with Gasteiger partial charge in [-0.3, -0.25) is 19.2 Å². The number of aromatic hydroxyl groups is 3. The minimum atomic E-state index is -3.75. The molecule has 0 aliphatic rings. The fraction of sp³-hybridized carbons (Fsp3) is 0.333. The number of pyridine rings is 2. The van der Waals surface area contributed by atoms with Crippen LogP contribution in [0.1, 0.15) is 46.7 Å². The van der Waals surface area contributed by atoms with Gasteiger partial charge in [-0.15, -0.1) is 0 Å². The summed E-state index contributed by atoms with van der Waals surface area (Å²) in [6.07, 6.45) is 2.38. The largest absolute Gasteiger partial charge is 0.506 e. The zero-order valence-corrected chi connectivity index (χ0v) is 20.3. The van der Waals surface area contributed by atoms with Crippen LogP contribution in [-0.2, 0) is 29.2 Å². The van der Waals surface area contributed by atoms with E-state index in [1.54, 1.807) is 0 Å². The molecule has 0 unspecified atom stereocenters. The molecule has 36 heavy (non-hydrogen) atoms. The summed E-state index contributed by atoms with van der Waals surface area (Å²) in [6, 6.07) is 1.97. The van der Waals surface area contributed by atoms with Crippen LogP contribution in [0.15, 0.2) is 24.5 Å². The lowest BCUT2D eigenvalue weighted by molar-refractivity contribution is -0.141. The van der Waals surface area contributed by atoms with Gasteiger partial charge in [0.15, 0.2) is 17.3 Å². The van der Waals surface area contributed by atoms with E-state index in [2.05, 4.69) is 23.6 Å². The first kappa shape index (κ1) is 29.8. The number of hydrogen-bond donors (Lipinski definition) is 3. The Balaban J connectivity index is 0.000000369. The van der Waals surface area contributed by atoms with Crippen LogP contribution in [0.3, 0.4) is 0 Å². The summed E-state index contributed by atoms with van der Waals surface area (Å²) in [4.78, 5) is 52.1. The predicted octanol–water partition coefficient (Wildman–Crippen LogP) is 0.890. The van der Waals surface area contributed by atoms with Crippen LogP contribution in [-0.4, -0.2) is 77.7 Å². The first-order valence-electron chi connectivity index (χ1n) is 9.93. The van der Waals surface area contributed by atoms with Crippen molar-refractivity contribution in [1.29, 1.82) is 0 Å². The van der Waals surface area contributed by atoms with E-state index in [0.29, 0.717) is 0 Å². The molecular formula is C21H24N2O12S. The molecule has 0 amide bonds. The van der Waals surface area contributed by atoms with E-state index in [1.807, 2.05) is 0 Å². The van der Waals surface area contributed by atoms with Crippen molar-refractivity contribution < 1.29 is 56.6 Å². The molecule has 15 heteroatoms. The number of rotatable bonds is 10. The number of Topliss-reactive ketones (excluding diaryl/α,β-unsaturated/α-hetero) is 2. The van der Waals surface area contributed by atoms with Gasteiger partial charge in [0, 0.05) is 25.0 Å². The summed E-state index contributed by atoms with van der Waals surface area (Å²) in [6.45, 7) is 0.